The third-order valence-corrected chi connectivity index (χ3v) is 6.90. The van der Waals surface area contributed by atoms with Gasteiger partial charge < -0.3 is 10.6 Å². The average Bonchev–Trinajstić information content (AvgIpc) is 3.18. The summed E-state index contributed by atoms with van der Waals surface area (Å²) in [7, 11) is 0. The number of nitrogens with zero attached hydrogens (tertiary/aromatic N) is 1. The molecule has 0 aliphatic heterocycles. The number of hydrogen-bond donors (Lipinski definition) is 2. The fraction of sp³-hybridized carbons (Fsp3) is 0.125. The van der Waals surface area contributed by atoms with Crippen LogP contribution < -0.4 is 10.6 Å². The summed E-state index contributed by atoms with van der Waals surface area (Å²) >= 11 is 8.76. The van der Waals surface area contributed by atoms with E-state index in [4.69, 9.17) is 11.6 Å². The lowest BCUT2D eigenvalue weighted by Gasteiger charge is -2.12. The van der Waals surface area contributed by atoms with Gasteiger partial charge in [-0.1, -0.05) is 53.3 Å². The number of rotatable bonds is 7. The van der Waals surface area contributed by atoms with Crippen LogP contribution in [0.15, 0.2) is 77.7 Å². The highest BCUT2D eigenvalue weighted by Gasteiger charge is 2.17. The summed E-state index contributed by atoms with van der Waals surface area (Å²) in [5.41, 5.74) is 2.44. The highest BCUT2D eigenvalue weighted by molar-refractivity contribution is 8.00. The van der Waals surface area contributed by atoms with Crippen molar-refractivity contribution in [1.82, 2.24) is 4.98 Å². The van der Waals surface area contributed by atoms with E-state index in [1.807, 2.05) is 67.6 Å². The fourth-order valence-electron chi connectivity index (χ4n) is 3.03. The Kier molecular flexibility index (Phi) is 7.09. The molecule has 2 amide bonds. The first kappa shape index (κ1) is 22.3. The number of thiazole rings is 1. The van der Waals surface area contributed by atoms with Gasteiger partial charge in [0.05, 0.1) is 21.9 Å². The monoisotopic (exact) mass is 481 g/mol. The number of anilines is 2. The number of amides is 2. The first-order chi connectivity index (χ1) is 15.5. The molecule has 0 radical (unpaired) electrons. The van der Waals surface area contributed by atoms with Crippen LogP contribution in [-0.2, 0) is 16.0 Å². The number of carbonyl (C=O) groups excluding carboxylic acids is 2. The minimum absolute atomic E-state index is 0.115. The molecule has 0 aliphatic carbocycles. The van der Waals surface area contributed by atoms with E-state index in [9.17, 15) is 9.59 Å². The van der Waals surface area contributed by atoms with Gasteiger partial charge in [0, 0.05) is 15.6 Å². The van der Waals surface area contributed by atoms with Crippen molar-refractivity contribution in [3.05, 3.63) is 83.4 Å². The van der Waals surface area contributed by atoms with Gasteiger partial charge in [0.1, 0.15) is 0 Å². The molecule has 8 heteroatoms. The predicted molar refractivity (Wildman–Crippen MR) is 134 cm³/mol. The molecule has 4 rings (SSSR count). The van der Waals surface area contributed by atoms with E-state index in [1.165, 1.54) is 23.1 Å². The standard InChI is InChI=1S/C24H20ClN3O2S2/c1-15(23(30)28-24-27-20-7-2-3-8-21(20)32-24)31-19-6-4-5-18(14-19)26-22(29)13-16-9-11-17(25)12-10-16/h2-12,14-15H,13H2,1H3,(H,26,29)(H,27,28,30). The van der Waals surface area contributed by atoms with Crippen molar-refractivity contribution in [2.75, 3.05) is 10.6 Å². The number of para-hydroxylation sites is 1. The number of benzene rings is 3. The number of nitrogens with one attached hydrogen (secondary N) is 2. The molecule has 0 spiro atoms. The van der Waals surface area contributed by atoms with Crippen LogP contribution in [0.3, 0.4) is 0 Å². The first-order valence-electron chi connectivity index (χ1n) is 9.94. The van der Waals surface area contributed by atoms with Crippen LogP contribution in [0.25, 0.3) is 10.2 Å². The Balaban J connectivity index is 1.34. The SMILES string of the molecule is CC(Sc1cccc(NC(=O)Cc2ccc(Cl)cc2)c1)C(=O)Nc1nc2ccccc2s1. The summed E-state index contributed by atoms with van der Waals surface area (Å²) in [5, 5.41) is 6.70. The number of hydrogen-bond acceptors (Lipinski definition) is 5. The molecule has 1 atom stereocenters. The van der Waals surface area contributed by atoms with Gasteiger partial charge in [-0.05, 0) is 55.0 Å². The van der Waals surface area contributed by atoms with Crippen molar-refractivity contribution in [1.29, 1.82) is 0 Å². The molecule has 1 aromatic heterocycles. The lowest BCUT2D eigenvalue weighted by atomic mass is 10.1. The van der Waals surface area contributed by atoms with Gasteiger partial charge in [0.25, 0.3) is 0 Å². The topological polar surface area (TPSA) is 71.1 Å². The molecule has 0 fully saturated rings. The van der Waals surface area contributed by atoms with Crippen molar-refractivity contribution < 1.29 is 9.59 Å². The minimum atomic E-state index is -0.331. The second-order valence-corrected chi connectivity index (χ2v) is 10.00. The lowest BCUT2D eigenvalue weighted by molar-refractivity contribution is -0.116. The second-order valence-electron chi connectivity index (χ2n) is 7.12. The summed E-state index contributed by atoms with van der Waals surface area (Å²) in [4.78, 5) is 30.3. The zero-order valence-electron chi connectivity index (χ0n) is 17.2. The number of halogens is 1. The minimum Gasteiger partial charge on any atom is -0.326 e. The molecule has 0 bridgehead atoms. The molecule has 32 heavy (non-hydrogen) atoms. The molecule has 0 saturated carbocycles. The third-order valence-electron chi connectivity index (χ3n) is 4.60. The van der Waals surface area contributed by atoms with E-state index >= 15 is 0 Å². The summed E-state index contributed by atoms with van der Waals surface area (Å²) in [5.74, 6) is -0.234. The van der Waals surface area contributed by atoms with E-state index in [0.29, 0.717) is 15.8 Å². The highest BCUT2D eigenvalue weighted by Crippen LogP contribution is 2.29. The van der Waals surface area contributed by atoms with Crippen LogP contribution in [0.5, 0.6) is 0 Å². The molecule has 5 nitrogen and oxygen atoms in total. The van der Waals surface area contributed by atoms with Gasteiger partial charge in [-0.2, -0.15) is 0 Å². The van der Waals surface area contributed by atoms with E-state index in [2.05, 4.69) is 15.6 Å². The van der Waals surface area contributed by atoms with Gasteiger partial charge in [-0.25, -0.2) is 4.98 Å². The maximum absolute atomic E-state index is 12.6. The van der Waals surface area contributed by atoms with Crippen molar-refractivity contribution in [2.24, 2.45) is 0 Å². The van der Waals surface area contributed by atoms with E-state index in [0.717, 1.165) is 20.7 Å². The van der Waals surface area contributed by atoms with E-state index < -0.39 is 0 Å². The molecule has 3 aromatic carbocycles. The molecular weight excluding hydrogens is 462 g/mol. The van der Waals surface area contributed by atoms with Crippen LogP contribution >= 0.6 is 34.7 Å². The maximum Gasteiger partial charge on any atom is 0.239 e. The summed E-state index contributed by atoms with van der Waals surface area (Å²) in [6, 6.07) is 22.4. The Hall–Kier alpha value is -2.87. The van der Waals surface area contributed by atoms with Crippen molar-refractivity contribution in [3.63, 3.8) is 0 Å². The van der Waals surface area contributed by atoms with Crippen molar-refractivity contribution in [3.8, 4) is 0 Å². The zero-order chi connectivity index (χ0) is 22.5. The molecule has 0 aliphatic rings. The highest BCUT2D eigenvalue weighted by atomic mass is 35.5. The van der Waals surface area contributed by atoms with E-state index in [1.54, 1.807) is 12.1 Å². The third kappa shape index (κ3) is 5.88. The number of carbonyl (C=O) groups is 2. The second kappa shape index (κ2) is 10.2. The smallest absolute Gasteiger partial charge is 0.239 e. The Labute approximate surface area is 199 Å². The number of fused-ring (bicyclic) bond motifs is 1. The van der Waals surface area contributed by atoms with Gasteiger partial charge in [0.15, 0.2) is 5.13 Å². The molecule has 4 aromatic rings. The molecule has 1 heterocycles. The Morgan fingerprint density at radius 3 is 2.59 bits per heavy atom. The van der Waals surface area contributed by atoms with E-state index in [-0.39, 0.29) is 23.5 Å². The Morgan fingerprint density at radius 1 is 1.03 bits per heavy atom. The summed E-state index contributed by atoms with van der Waals surface area (Å²) < 4.78 is 1.03. The van der Waals surface area contributed by atoms with Crippen molar-refractivity contribution >= 4 is 67.5 Å². The van der Waals surface area contributed by atoms with Gasteiger partial charge in [-0.15, -0.1) is 11.8 Å². The van der Waals surface area contributed by atoms with Crippen LogP contribution in [0.4, 0.5) is 10.8 Å². The Morgan fingerprint density at radius 2 is 1.81 bits per heavy atom. The largest absolute Gasteiger partial charge is 0.326 e. The summed E-state index contributed by atoms with van der Waals surface area (Å²) in [6.45, 7) is 1.85. The van der Waals surface area contributed by atoms with Gasteiger partial charge in [-0.3, -0.25) is 9.59 Å². The number of aromatic nitrogens is 1. The van der Waals surface area contributed by atoms with Gasteiger partial charge in [0.2, 0.25) is 11.8 Å². The molecule has 1 unspecified atom stereocenters. The normalized spacial score (nSPS) is 11.8. The van der Waals surface area contributed by atoms with Crippen LogP contribution in [-0.4, -0.2) is 22.0 Å². The van der Waals surface area contributed by atoms with Crippen LogP contribution in [0.2, 0.25) is 5.02 Å². The van der Waals surface area contributed by atoms with Crippen molar-refractivity contribution in [2.45, 2.75) is 23.5 Å². The predicted octanol–water partition coefficient (Wildman–Crippen LogP) is 6.25. The molecule has 2 N–H and O–H groups in total. The zero-order valence-corrected chi connectivity index (χ0v) is 19.6. The molecular formula is C24H20ClN3O2S2. The molecule has 0 saturated heterocycles. The average molecular weight is 482 g/mol. The summed E-state index contributed by atoms with van der Waals surface area (Å²) in [6.07, 6.45) is 0.259. The maximum atomic E-state index is 12.6. The first-order valence-corrected chi connectivity index (χ1v) is 12.0. The Bertz CT molecular complexity index is 1220. The quantitative estimate of drug-likeness (QED) is 0.306. The van der Waals surface area contributed by atoms with Gasteiger partial charge >= 0.3 is 0 Å². The number of thioether (sulfide) groups is 1. The fourth-order valence-corrected chi connectivity index (χ4v) is 4.95. The molecule has 162 valence electrons. The van der Waals surface area contributed by atoms with Crippen LogP contribution in [0.1, 0.15) is 12.5 Å². The van der Waals surface area contributed by atoms with Crippen LogP contribution in [0, 0.1) is 0 Å². The lowest BCUT2D eigenvalue weighted by Crippen LogP contribution is -2.22.